The van der Waals surface area contributed by atoms with E-state index in [9.17, 15) is 9.59 Å². The van der Waals surface area contributed by atoms with Crippen LogP contribution in [-0.4, -0.2) is 16.6 Å². The van der Waals surface area contributed by atoms with Crippen molar-refractivity contribution in [3.63, 3.8) is 0 Å². The lowest BCUT2D eigenvalue weighted by Gasteiger charge is -1.91. The highest BCUT2D eigenvalue weighted by Crippen LogP contribution is 1.91. The molecule has 0 bridgehead atoms. The van der Waals surface area contributed by atoms with Crippen LogP contribution in [0.5, 0.6) is 0 Å². The van der Waals surface area contributed by atoms with Gasteiger partial charge in [-0.05, 0) is 6.07 Å². The minimum Gasteiger partial charge on any atom is -0.312 e. The molecular weight excluding hydrogens is 134 g/mol. The standard InChI is InChI=1S/C5H5N3O2/c9-3-6-4-1-2-5(10)8-7-4/h1-3H,(H,8,10)(H,6,7,9). The van der Waals surface area contributed by atoms with E-state index >= 15 is 0 Å². The van der Waals surface area contributed by atoms with E-state index in [0.29, 0.717) is 12.2 Å². The van der Waals surface area contributed by atoms with Gasteiger partial charge in [-0.1, -0.05) is 0 Å². The molecule has 52 valence electrons. The van der Waals surface area contributed by atoms with Gasteiger partial charge in [-0.25, -0.2) is 5.10 Å². The Morgan fingerprint density at radius 2 is 2.40 bits per heavy atom. The van der Waals surface area contributed by atoms with E-state index in [4.69, 9.17) is 0 Å². The van der Waals surface area contributed by atoms with Crippen LogP contribution in [0.1, 0.15) is 0 Å². The van der Waals surface area contributed by atoms with Gasteiger partial charge in [0.1, 0.15) is 0 Å². The predicted molar refractivity (Wildman–Crippen MR) is 34.5 cm³/mol. The number of hydrogen-bond acceptors (Lipinski definition) is 3. The molecule has 0 atom stereocenters. The van der Waals surface area contributed by atoms with Crippen LogP contribution >= 0.6 is 0 Å². The van der Waals surface area contributed by atoms with Gasteiger partial charge in [-0.2, -0.15) is 5.10 Å². The van der Waals surface area contributed by atoms with Crippen molar-refractivity contribution in [2.45, 2.75) is 0 Å². The topological polar surface area (TPSA) is 74.8 Å². The molecule has 1 amide bonds. The molecule has 0 unspecified atom stereocenters. The van der Waals surface area contributed by atoms with Crippen molar-refractivity contribution in [1.29, 1.82) is 0 Å². The number of nitrogens with one attached hydrogen (secondary N) is 2. The van der Waals surface area contributed by atoms with Crippen LogP contribution in [0.15, 0.2) is 16.9 Å². The Labute approximate surface area is 56.1 Å². The number of rotatable bonds is 2. The maximum Gasteiger partial charge on any atom is 0.264 e. The molecule has 10 heavy (non-hydrogen) atoms. The molecule has 2 N–H and O–H groups in total. The number of aromatic amines is 1. The van der Waals surface area contributed by atoms with Gasteiger partial charge in [-0.15, -0.1) is 0 Å². The van der Waals surface area contributed by atoms with E-state index in [0.717, 1.165) is 0 Å². The summed E-state index contributed by atoms with van der Waals surface area (Å²) in [6, 6.07) is 2.69. The summed E-state index contributed by atoms with van der Waals surface area (Å²) in [5.74, 6) is 0.328. The molecule has 1 aromatic heterocycles. The molecule has 0 aliphatic rings. The summed E-state index contributed by atoms with van der Waals surface area (Å²) < 4.78 is 0. The van der Waals surface area contributed by atoms with Crippen LogP contribution < -0.4 is 10.9 Å². The molecule has 0 saturated heterocycles. The highest BCUT2D eigenvalue weighted by molar-refractivity contribution is 5.68. The van der Waals surface area contributed by atoms with Crippen LogP contribution in [0.2, 0.25) is 0 Å². The molecule has 0 spiro atoms. The molecule has 5 nitrogen and oxygen atoms in total. The average molecular weight is 139 g/mol. The number of amides is 1. The third-order valence-corrected chi connectivity index (χ3v) is 0.886. The van der Waals surface area contributed by atoms with E-state index in [2.05, 4.69) is 15.5 Å². The molecule has 0 fully saturated rings. The molecule has 1 rings (SSSR count). The van der Waals surface area contributed by atoms with Crippen LogP contribution in [0.25, 0.3) is 0 Å². The van der Waals surface area contributed by atoms with E-state index in [1.807, 2.05) is 0 Å². The number of carbonyl (C=O) groups is 1. The minimum atomic E-state index is -0.295. The summed E-state index contributed by atoms with van der Waals surface area (Å²) in [7, 11) is 0. The van der Waals surface area contributed by atoms with Gasteiger partial charge in [0, 0.05) is 6.07 Å². The fraction of sp³-hybridized carbons (Fsp3) is 0. The molecular formula is C5H5N3O2. The first kappa shape index (κ1) is 6.47. The lowest BCUT2D eigenvalue weighted by molar-refractivity contribution is -0.105. The highest BCUT2D eigenvalue weighted by atomic mass is 16.1. The van der Waals surface area contributed by atoms with Crippen molar-refractivity contribution in [2.24, 2.45) is 0 Å². The smallest absolute Gasteiger partial charge is 0.264 e. The SMILES string of the molecule is O=CNc1ccc(=O)[nH]n1. The highest BCUT2D eigenvalue weighted by Gasteiger charge is 1.87. The second-order valence-electron chi connectivity index (χ2n) is 1.57. The lowest BCUT2D eigenvalue weighted by Crippen LogP contribution is -2.07. The molecule has 0 radical (unpaired) electrons. The predicted octanol–water partition coefficient (Wildman–Crippen LogP) is -0.662. The summed E-state index contributed by atoms with van der Waals surface area (Å²) in [6.45, 7) is 0. The van der Waals surface area contributed by atoms with Gasteiger partial charge in [-0.3, -0.25) is 9.59 Å². The minimum absolute atomic E-state index is 0.295. The van der Waals surface area contributed by atoms with Gasteiger partial charge < -0.3 is 5.32 Å². The number of carbonyl (C=O) groups excluding carboxylic acids is 1. The quantitative estimate of drug-likeness (QED) is 0.534. The van der Waals surface area contributed by atoms with Crippen molar-refractivity contribution in [2.75, 3.05) is 5.32 Å². The average Bonchev–Trinajstić information content (AvgIpc) is 1.95. The molecule has 5 heteroatoms. The van der Waals surface area contributed by atoms with Crippen molar-refractivity contribution < 1.29 is 4.79 Å². The largest absolute Gasteiger partial charge is 0.312 e. The molecule has 1 aromatic rings. The van der Waals surface area contributed by atoms with Gasteiger partial charge in [0.05, 0.1) is 0 Å². The van der Waals surface area contributed by atoms with Crippen molar-refractivity contribution in [1.82, 2.24) is 10.2 Å². The van der Waals surface area contributed by atoms with Gasteiger partial charge in [0.25, 0.3) is 5.56 Å². The molecule has 0 aliphatic carbocycles. The zero-order valence-corrected chi connectivity index (χ0v) is 5.00. The Morgan fingerprint density at radius 1 is 1.60 bits per heavy atom. The molecule has 1 heterocycles. The van der Waals surface area contributed by atoms with Gasteiger partial charge in [0.15, 0.2) is 5.82 Å². The van der Waals surface area contributed by atoms with E-state index < -0.39 is 0 Å². The Hall–Kier alpha value is -1.65. The number of hydrogen-bond donors (Lipinski definition) is 2. The van der Waals surface area contributed by atoms with E-state index in [-0.39, 0.29) is 5.56 Å². The molecule has 0 aliphatic heterocycles. The normalized spacial score (nSPS) is 8.80. The number of anilines is 1. The fourth-order valence-corrected chi connectivity index (χ4v) is 0.485. The Kier molecular flexibility index (Phi) is 1.79. The van der Waals surface area contributed by atoms with Crippen LogP contribution in [0, 0.1) is 0 Å². The van der Waals surface area contributed by atoms with Gasteiger partial charge in [0.2, 0.25) is 6.41 Å². The van der Waals surface area contributed by atoms with E-state index in [1.165, 1.54) is 12.1 Å². The lowest BCUT2D eigenvalue weighted by atomic mass is 10.5. The van der Waals surface area contributed by atoms with E-state index in [1.54, 1.807) is 0 Å². The zero-order chi connectivity index (χ0) is 7.40. The first-order valence-corrected chi connectivity index (χ1v) is 2.59. The molecule has 0 saturated carbocycles. The summed E-state index contributed by atoms with van der Waals surface area (Å²) in [4.78, 5) is 20.2. The summed E-state index contributed by atoms with van der Waals surface area (Å²) >= 11 is 0. The Balaban J connectivity index is 2.89. The fourth-order valence-electron chi connectivity index (χ4n) is 0.485. The Bertz CT molecular complexity index is 260. The third kappa shape index (κ3) is 1.41. The first-order chi connectivity index (χ1) is 4.83. The number of nitrogens with zero attached hydrogens (tertiary/aromatic N) is 1. The van der Waals surface area contributed by atoms with Crippen LogP contribution in [0.4, 0.5) is 5.82 Å². The van der Waals surface area contributed by atoms with Crippen molar-refractivity contribution >= 4 is 12.2 Å². The second kappa shape index (κ2) is 2.77. The monoisotopic (exact) mass is 139 g/mol. The summed E-state index contributed by atoms with van der Waals surface area (Å²) in [6.07, 6.45) is 0.487. The summed E-state index contributed by atoms with van der Waals surface area (Å²) in [5.41, 5.74) is -0.295. The summed E-state index contributed by atoms with van der Waals surface area (Å²) in [5, 5.41) is 7.92. The van der Waals surface area contributed by atoms with Crippen LogP contribution in [-0.2, 0) is 4.79 Å². The number of H-pyrrole nitrogens is 1. The number of aromatic nitrogens is 2. The van der Waals surface area contributed by atoms with Crippen molar-refractivity contribution in [3.05, 3.63) is 22.5 Å². The zero-order valence-electron chi connectivity index (χ0n) is 5.00. The first-order valence-electron chi connectivity index (χ1n) is 2.59. The van der Waals surface area contributed by atoms with Gasteiger partial charge >= 0.3 is 0 Å². The maximum absolute atomic E-state index is 10.4. The molecule has 0 aromatic carbocycles. The second-order valence-corrected chi connectivity index (χ2v) is 1.57. The third-order valence-electron chi connectivity index (χ3n) is 0.886. The van der Waals surface area contributed by atoms with Crippen molar-refractivity contribution in [3.8, 4) is 0 Å². The maximum atomic E-state index is 10.4. The van der Waals surface area contributed by atoms with Crippen LogP contribution in [0.3, 0.4) is 0 Å². The Morgan fingerprint density at radius 3 is 2.90 bits per heavy atom.